The van der Waals surface area contributed by atoms with Crippen LogP contribution in [0, 0.1) is 3.57 Å². The minimum Gasteiger partial charge on any atom is -0.356 e. The predicted molar refractivity (Wildman–Crippen MR) is 80.1 cm³/mol. The van der Waals surface area contributed by atoms with Crippen LogP contribution in [0.4, 0.5) is 0 Å². The fourth-order valence-electron chi connectivity index (χ4n) is 1.77. The lowest BCUT2D eigenvalue weighted by Crippen LogP contribution is -1.76. The molecule has 1 heterocycles. The lowest BCUT2D eigenvalue weighted by atomic mass is 10.1. The highest BCUT2D eigenvalue weighted by Crippen LogP contribution is 2.26. The van der Waals surface area contributed by atoms with Crippen molar-refractivity contribution in [1.29, 1.82) is 0 Å². The number of rotatable bonds is 2. The van der Waals surface area contributed by atoms with Gasteiger partial charge in [0.1, 0.15) is 5.69 Å². The monoisotopic (exact) mass is 347 g/mol. The first-order chi connectivity index (χ1) is 8.83. The zero-order valence-corrected chi connectivity index (χ0v) is 11.7. The quantitative estimate of drug-likeness (QED) is 0.633. The highest BCUT2D eigenvalue weighted by atomic mass is 127. The molecule has 0 aliphatic rings. The Balaban J connectivity index is 1.97. The molecule has 0 N–H and O–H groups in total. The third-order valence-corrected chi connectivity index (χ3v) is 3.43. The molecule has 0 radical (unpaired) electrons. The number of nitrogens with zero attached hydrogens (tertiary/aromatic N) is 1. The first-order valence-electron chi connectivity index (χ1n) is 5.61. The van der Waals surface area contributed by atoms with E-state index in [1.54, 1.807) is 0 Å². The molecule has 3 aromatic rings. The van der Waals surface area contributed by atoms with Crippen molar-refractivity contribution in [3.63, 3.8) is 0 Å². The van der Waals surface area contributed by atoms with Crippen molar-refractivity contribution in [3.8, 4) is 22.6 Å². The van der Waals surface area contributed by atoms with Gasteiger partial charge in [-0.3, -0.25) is 0 Å². The van der Waals surface area contributed by atoms with E-state index in [4.69, 9.17) is 4.52 Å². The maximum absolute atomic E-state index is 5.38. The standard InChI is InChI=1S/C15H10INO/c16-13-8-6-11(7-9-13)14-10-15(18-17-14)12-4-2-1-3-5-12/h1-10H. The molecule has 0 amide bonds. The summed E-state index contributed by atoms with van der Waals surface area (Å²) in [7, 11) is 0. The second kappa shape index (κ2) is 4.94. The summed E-state index contributed by atoms with van der Waals surface area (Å²) in [5, 5.41) is 4.12. The molecule has 3 rings (SSSR count). The SMILES string of the molecule is Ic1ccc(-c2cc(-c3ccccc3)on2)cc1. The van der Waals surface area contributed by atoms with E-state index in [2.05, 4.69) is 52.0 Å². The van der Waals surface area contributed by atoms with Crippen LogP contribution in [0.3, 0.4) is 0 Å². The van der Waals surface area contributed by atoms with E-state index < -0.39 is 0 Å². The molecular formula is C15H10INO. The molecule has 0 aliphatic heterocycles. The molecule has 3 heteroatoms. The van der Waals surface area contributed by atoms with Crippen molar-refractivity contribution in [2.24, 2.45) is 0 Å². The van der Waals surface area contributed by atoms with Crippen LogP contribution in [0.1, 0.15) is 0 Å². The summed E-state index contributed by atoms with van der Waals surface area (Å²) in [4.78, 5) is 0. The molecule has 0 atom stereocenters. The number of hydrogen-bond acceptors (Lipinski definition) is 2. The smallest absolute Gasteiger partial charge is 0.167 e. The summed E-state index contributed by atoms with van der Waals surface area (Å²) in [6.07, 6.45) is 0. The maximum Gasteiger partial charge on any atom is 0.167 e. The topological polar surface area (TPSA) is 26.0 Å². The van der Waals surface area contributed by atoms with Gasteiger partial charge in [-0.05, 0) is 34.7 Å². The summed E-state index contributed by atoms with van der Waals surface area (Å²) in [6.45, 7) is 0. The minimum atomic E-state index is 0.796. The van der Waals surface area contributed by atoms with Crippen molar-refractivity contribution in [2.45, 2.75) is 0 Å². The number of benzene rings is 2. The van der Waals surface area contributed by atoms with Gasteiger partial charge >= 0.3 is 0 Å². The van der Waals surface area contributed by atoms with Crippen molar-refractivity contribution in [1.82, 2.24) is 5.16 Å². The van der Waals surface area contributed by atoms with E-state index in [0.717, 1.165) is 22.6 Å². The van der Waals surface area contributed by atoms with Gasteiger partial charge in [-0.1, -0.05) is 47.6 Å². The molecule has 0 spiro atoms. The molecule has 1 aromatic heterocycles. The van der Waals surface area contributed by atoms with Crippen LogP contribution in [0.2, 0.25) is 0 Å². The largest absolute Gasteiger partial charge is 0.356 e. The Kier molecular flexibility index (Phi) is 3.15. The zero-order chi connectivity index (χ0) is 12.4. The third kappa shape index (κ3) is 2.31. The fraction of sp³-hybridized carbons (Fsp3) is 0. The fourth-order valence-corrected chi connectivity index (χ4v) is 2.13. The summed E-state index contributed by atoms with van der Waals surface area (Å²) in [5.41, 5.74) is 2.98. The van der Waals surface area contributed by atoms with Crippen LogP contribution < -0.4 is 0 Å². The van der Waals surface area contributed by atoms with Crippen LogP contribution >= 0.6 is 22.6 Å². The summed E-state index contributed by atoms with van der Waals surface area (Å²) < 4.78 is 6.59. The molecule has 0 bridgehead atoms. The van der Waals surface area contributed by atoms with Gasteiger partial charge in [0.05, 0.1) is 0 Å². The third-order valence-electron chi connectivity index (χ3n) is 2.71. The first-order valence-corrected chi connectivity index (χ1v) is 6.69. The Hall–Kier alpha value is -1.62. The number of hydrogen-bond donors (Lipinski definition) is 0. The average Bonchev–Trinajstić information content (AvgIpc) is 2.90. The summed E-state index contributed by atoms with van der Waals surface area (Å²) >= 11 is 2.29. The molecular weight excluding hydrogens is 337 g/mol. The molecule has 0 unspecified atom stereocenters. The van der Waals surface area contributed by atoms with Gasteiger partial charge in [0.15, 0.2) is 5.76 Å². The molecule has 2 nitrogen and oxygen atoms in total. The molecule has 0 aliphatic carbocycles. The van der Waals surface area contributed by atoms with Crippen molar-refractivity contribution >= 4 is 22.6 Å². The van der Waals surface area contributed by atoms with Crippen LogP contribution in [-0.2, 0) is 0 Å². The van der Waals surface area contributed by atoms with E-state index in [0.29, 0.717) is 0 Å². The number of aromatic nitrogens is 1. The Labute approximate surface area is 119 Å². The molecule has 2 aromatic carbocycles. The lowest BCUT2D eigenvalue weighted by molar-refractivity contribution is 0.435. The lowest BCUT2D eigenvalue weighted by Gasteiger charge is -1.94. The Bertz CT molecular complexity index is 644. The van der Waals surface area contributed by atoms with Crippen LogP contribution in [0.25, 0.3) is 22.6 Å². The number of halogens is 1. The van der Waals surface area contributed by atoms with Gasteiger partial charge in [-0.2, -0.15) is 0 Å². The van der Waals surface area contributed by atoms with Gasteiger partial charge in [0.25, 0.3) is 0 Å². The van der Waals surface area contributed by atoms with E-state index >= 15 is 0 Å². The second-order valence-electron chi connectivity index (χ2n) is 3.95. The van der Waals surface area contributed by atoms with Gasteiger partial charge in [-0.25, -0.2) is 0 Å². The van der Waals surface area contributed by atoms with Crippen molar-refractivity contribution in [3.05, 3.63) is 64.2 Å². The van der Waals surface area contributed by atoms with Gasteiger partial charge < -0.3 is 4.52 Å². The highest BCUT2D eigenvalue weighted by Gasteiger charge is 2.07. The van der Waals surface area contributed by atoms with Gasteiger partial charge in [-0.15, -0.1) is 0 Å². The molecule has 0 saturated carbocycles. The molecule has 0 fully saturated rings. The van der Waals surface area contributed by atoms with Crippen LogP contribution in [-0.4, -0.2) is 5.16 Å². The van der Waals surface area contributed by atoms with Gasteiger partial charge in [0.2, 0.25) is 0 Å². The Morgan fingerprint density at radius 1 is 0.833 bits per heavy atom. The first kappa shape index (κ1) is 11.5. The van der Waals surface area contributed by atoms with Crippen molar-refractivity contribution < 1.29 is 4.52 Å². The highest BCUT2D eigenvalue weighted by molar-refractivity contribution is 14.1. The van der Waals surface area contributed by atoms with E-state index in [9.17, 15) is 0 Å². The molecule has 0 saturated heterocycles. The molecule has 88 valence electrons. The summed E-state index contributed by atoms with van der Waals surface area (Å²) in [5.74, 6) is 0.796. The normalized spacial score (nSPS) is 10.5. The molecule has 18 heavy (non-hydrogen) atoms. The Morgan fingerprint density at radius 2 is 1.56 bits per heavy atom. The minimum absolute atomic E-state index is 0.796. The maximum atomic E-state index is 5.38. The van der Waals surface area contributed by atoms with Crippen molar-refractivity contribution in [2.75, 3.05) is 0 Å². The zero-order valence-electron chi connectivity index (χ0n) is 9.51. The van der Waals surface area contributed by atoms with E-state index in [1.165, 1.54) is 3.57 Å². The van der Waals surface area contributed by atoms with E-state index in [1.807, 2.05) is 36.4 Å². The predicted octanol–water partition coefficient (Wildman–Crippen LogP) is 4.61. The Morgan fingerprint density at radius 3 is 2.28 bits per heavy atom. The van der Waals surface area contributed by atoms with Crippen LogP contribution in [0.5, 0.6) is 0 Å². The van der Waals surface area contributed by atoms with Gasteiger partial charge in [0, 0.05) is 20.8 Å². The summed E-state index contributed by atoms with van der Waals surface area (Å²) in [6, 6.07) is 20.2. The van der Waals surface area contributed by atoms with E-state index in [-0.39, 0.29) is 0 Å². The second-order valence-corrected chi connectivity index (χ2v) is 5.19. The average molecular weight is 347 g/mol. The van der Waals surface area contributed by atoms with Crippen LogP contribution in [0.15, 0.2) is 65.2 Å².